The SMILES string of the molecule is Cc1nc(SCC(=O)c2ccc3c(c2)NC(=O)CO3)c2c(=O)n(C)c(=O)n(CC(C)C)c2n1. The third-order valence-corrected chi connectivity index (χ3v) is 6.06. The van der Waals surface area contributed by atoms with Crippen LogP contribution in [0.2, 0.25) is 0 Å². The minimum absolute atomic E-state index is 0.00556. The van der Waals surface area contributed by atoms with Crippen LogP contribution in [0.15, 0.2) is 32.8 Å². The number of carbonyl (C=O) groups is 2. The Balaban J connectivity index is 1.69. The summed E-state index contributed by atoms with van der Waals surface area (Å²) in [4.78, 5) is 58.9. The van der Waals surface area contributed by atoms with E-state index in [1.165, 1.54) is 11.6 Å². The minimum Gasteiger partial charge on any atom is -0.482 e. The molecule has 1 aromatic carbocycles. The average molecular weight is 470 g/mol. The van der Waals surface area contributed by atoms with E-state index in [-0.39, 0.29) is 41.0 Å². The van der Waals surface area contributed by atoms with Crippen molar-refractivity contribution in [2.75, 3.05) is 17.7 Å². The normalized spacial score (nSPS) is 13.1. The number of nitrogens with one attached hydrogen (secondary N) is 1. The topological polar surface area (TPSA) is 125 Å². The molecule has 0 aliphatic carbocycles. The number of rotatable bonds is 6. The molecule has 0 fully saturated rings. The molecule has 0 saturated heterocycles. The van der Waals surface area contributed by atoms with E-state index in [9.17, 15) is 19.2 Å². The number of aryl methyl sites for hydroxylation is 1. The molecule has 33 heavy (non-hydrogen) atoms. The molecule has 172 valence electrons. The fraction of sp³-hybridized carbons (Fsp3) is 0.364. The van der Waals surface area contributed by atoms with E-state index in [1.807, 2.05) is 13.8 Å². The van der Waals surface area contributed by atoms with Crippen molar-refractivity contribution in [3.8, 4) is 5.75 Å². The van der Waals surface area contributed by atoms with E-state index >= 15 is 0 Å². The van der Waals surface area contributed by atoms with Gasteiger partial charge in [0.05, 0.1) is 11.4 Å². The molecule has 1 amide bonds. The number of hydrogen-bond acceptors (Lipinski definition) is 8. The molecule has 1 aliphatic rings. The molecule has 3 aromatic rings. The summed E-state index contributed by atoms with van der Waals surface area (Å²) in [6, 6.07) is 4.83. The van der Waals surface area contributed by atoms with Gasteiger partial charge in [-0.1, -0.05) is 25.6 Å². The molecule has 0 spiro atoms. The molecule has 10 nitrogen and oxygen atoms in total. The molecule has 0 bridgehead atoms. The number of benzene rings is 1. The molecule has 4 rings (SSSR count). The number of aromatic nitrogens is 4. The third kappa shape index (κ3) is 4.40. The lowest BCUT2D eigenvalue weighted by Gasteiger charge is -2.18. The predicted octanol–water partition coefficient (Wildman–Crippen LogP) is 1.76. The van der Waals surface area contributed by atoms with Crippen LogP contribution in [0.1, 0.15) is 30.0 Å². The number of ether oxygens (including phenoxy) is 1. The van der Waals surface area contributed by atoms with Crippen LogP contribution in [-0.2, 0) is 18.4 Å². The Morgan fingerprint density at radius 3 is 2.73 bits per heavy atom. The van der Waals surface area contributed by atoms with E-state index in [1.54, 1.807) is 25.1 Å². The fourth-order valence-electron chi connectivity index (χ4n) is 3.55. The third-order valence-electron chi connectivity index (χ3n) is 5.08. The number of fused-ring (bicyclic) bond motifs is 2. The Morgan fingerprint density at radius 2 is 2.00 bits per heavy atom. The van der Waals surface area contributed by atoms with Crippen molar-refractivity contribution < 1.29 is 14.3 Å². The van der Waals surface area contributed by atoms with Crippen LogP contribution in [-0.4, -0.2) is 43.2 Å². The maximum Gasteiger partial charge on any atom is 0.332 e. The second-order valence-electron chi connectivity index (χ2n) is 8.19. The zero-order valence-electron chi connectivity index (χ0n) is 18.7. The predicted molar refractivity (Wildman–Crippen MR) is 124 cm³/mol. The lowest BCUT2D eigenvalue weighted by molar-refractivity contribution is -0.118. The van der Waals surface area contributed by atoms with Gasteiger partial charge in [-0.25, -0.2) is 14.8 Å². The molecule has 0 radical (unpaired) electrons. The molecule has 1 N–H and O–H groups in total. The minimum atomic E-state index is -0.501. The van der Waals surface area contributed by atoms with Gasteiger partial charge in [-0.3, -0.25) is 23.5 Å². The van der Waals surface area contributed by atoms with Crippen LogP contribution in [0.4, 0.5) is 5.69 Å². The van der Waals surface area contributed by atoms with Crippen LogP contribution >= 0.6 is 11.8 Å². The monoisotopic (exact) mass is 469 g/mol. The van der Waals surface area contributed by atoms with Crippen LogP contribution in [0, 0.1) is 12.8 Å². The van der Waals surface area contributed by atoms with E-state index in [0.29, 0.717) is 34.4 Å². The van der Waals surface area contributed by atoms with Gasteiger partial charge < -0.3 is 10.1 Å². The Labute approximate surface area is 193 Å². The first-order chi connectivity index (χ1) is 15.7. The van der Waals surface area contributed by atoms with Gasteiger partial charge >= 0.3 is 5.69 Å². The van der Waals surface area contributed by atoms with Gasteiger partial charge in [0.25, 0.3) is 11.5 Å². The van der Waals surface area contributed by atoms with Crippen LogP contribution in [0.3, 0.4) is 0 Å². The number of thioether (sulfide) groups is 1. The number of carbonyl (C=O) groups excluding carboxylic acids is 2. The highest BCUT2D eigenvalue weighted by atomic mass is 32.2. The quantitative estimate of drug-likeness (QED) is 0.329. The number of anilines is 1. The van der Waals surface area contributed by atoms with Crippen LogP contribution in [0.25, 0.3) is 11.0 Å². The van der Waals surface area contributed by atoms with Crippen molar-refractivity contribution in [3.63, 3.8) is 0 Å². The highest BCUT2D eigenvalue weighted by molar-refractivity contribution is 8.00. The lowest BCUT2D eigenvalue weighted by Crippen LogP contribution is -2.39. The molecule has 0 saturated carbocycles. The molecule has 0 atom stereocenters. The zero-order valence-corrected chi connectivity index (χ0v) is 19.5. The summed E-state index contributed by atoms with van der Waals surface area (Å²) < 4.78 is 7.85. The summed E-state index contributed by atoms with van der Waals surface area (Å²) in [6.45, 7) is 5.95. The van der Waals surface area contributed by atoms with Crippen molar-refractivity contribution in [1.82, 2.24) is 19.1 Å². The zero-order chi connectivity index (χ0) is 23.9. The van der Waals surface area contributed by atoms with Gasteiger partial charge in [0.1, 0.15) is 22.0 Å². The number of nitrogens with zero attached hydrogens (tertiary/aromatic N) is 4. The highest BCUT2D eigenvalue weighted by Crippen LogP contribution is 2.30. The summed E-state index contributed by atoms with van der Waals surface area (Å²) >= 11 is 1.11. The second kappa shape index (κ2) is 8.81. The van der Waals surface area contributed by atoms with Gasteiger partial charge in [0.15, 0.2) is 18.0 Å². The second-order valence-corrected chi connectivity index (χ2v) is 9.15. The molecular formula is C22H23N5O5S. The first-order valence-corrected chi connectivity index (χ1v) is 11.3. The number of hydrogen-bond donors (Lipinski definition) is 1. The smallest absolute Gasteiger partial charge is 0.332 e. The van der Waals surface area contributed by atoms with E-state index in [2.05, 4.69) is 15.3 Å². The van der Waals surface area contributed by atoms with Gasteiger partial charge in [0, 0.05) is 19.2 Å². The Bertz CT molecular complexity index is 1410. The largest absolute Gasteiger partial charge is 0.482 e. The summed E-state index contributed by atoms with van der Waals surface area (Å²) in [7, 11) is 1.42. The van der Waals surface area contributed by atoms with Crippen molar-refractivity contribution in [2.45, 2.75) is 32.3 Å². The van der Waals surface area contributed by atoms with Gasteiger partial charge in [-0.05, 0) is 31.0 Å². The maximum atomic E-state index is 12.9. The Hall–Kier alpha value is -3.47. The number of ketones is 1. The first kappa shape index (κ1) is 22.7. The van der Waals surface area contributed by atoms with Crippen molar-refractivity contribution in [3.05, 3.63) is 50.4 Å². The van der Waals surface area contributed by atoms with Crippen molar-refractivity contribution in [2.24, 2.45) is 13.0 Å². The van der Waals surface area contributed by atoms with Crippen LogP contribution < -0.4 is 21.3 Å². The van der Waals surface area contributed by atoms with Gasteiger partial charge in [0.2, 0.25) is 0 Å². The summed E-state index contributed by atoms with van der Waals surface area (Å²) in [6.07, 6.45) is 0. The van der Waals surface area contributed by atoms with Crippen molar-refractivity contribution in [1.29, 1.82) is 0 Å². The maximum absolute atomic E-state index is 12.9. The first-order valence-electron chi connectivity index (χ1n) is 10.4. The summed E-state index contributed by atoms with van der Waals surface area (Å²) in [5.74, 6) is 0.571. The number of Topliss-reactive ketones (excluding diaryl/α,β-unsaturated/α-hetero) is 1. The van der Waals surface area contributed by atoms with Crippen molar-refractivity contribution >= 4 is 40.2 Å². The van der Waals surface area contributed by atoms with Gasteiger partial charge in [-0.15, -0.1) is 0 Å². The Morgan fingerprint density at radius 1 is 1.24 bits per heavy atom. The molecule has 1 aliphatic heterocycles. The Kier molecular flexibility index (Phi) is 6.07. The standard InChI is InChI=1S/C22H23N5O5S/c1-11(2)8-27-19-18(21(30)26(4)22(27)31)20(24-12(3)23-19)33-10-15(28)13-5-6-16-14(7-13)25-17(29)9-32-16/h5-7,11H,8-10H2,1-4H3,(H,25,29). The fourth-order valence-corrected chi connectivity index (χ4v) is 4.50. The summed E-state index contributed by atoms with van der Waals surface area (Å²) in [5.41, 5.74) is 0.167. The highest BCUT2D eigenvalue weighted by Gasteiger charge is 2.21. The van der Waals surface area contributed by atoms with Gasteiger partial charge in [-0.2, -0.15) is 0 Å². The van der Waals surface area contributed by atoms with E-state index < -0.39 is 11.2 Å². The van der Waals surface area contributed by atoms with E-state index in [0.717, 1.165) is 16.3 Å². The van der Waals surface area contributed by atoms with Crippen LogP contribution in [0.5, 0.6) is 5.75 Å². The lowest BCUT2D eigenvalue weighted by atomic mass is 10.1. The molecule has 3 heterocycles. The molecule has 2 aromatic heterocycles. The average Bonchev–Trinajstić information content (AvgIpc) is 2.77. The number of amides is 1. The van der Waals surface area contributed by atoms with E-state index in [4.69, 9.17) is 4.74 Å². The summed E-state index contributed by atoms with van der Waals surface area (Å²) in [5, 5.41) is 3.24. The molecule has 11 heteroatoms. The molecular weight excluding hydrogens is 446 g/mol. The molecule has 0 unspecified atom stereocenters.